The molecule has 8 nitrogen and oxygen atoms in total. The Labute approximate surface area is 150 Å². The summed E-state index contributed by atoms with van der Waals surface area (Å²) >= 11 is 0. The van der Waals surface area contributed by atoms with Crippen molar-refractivity contribution in [3.8, 4) is 0 Å². The van der Waals surface area contributed by atoms with Gasteiger partial charge in [0.25, 0.3) is 5.91 Å². The van der Waals surface area contributed by atoms with Crippen LogP contribution in [0, 0.1) is 0 Å². The number of nitrogens with one attached hydrogen (secondary N) is 3. The highest BCUT2D eigenvalue weighted by Gasteiger charge is 2.17. The number of rotatable bonds is 5. The van der Waals surface area contributed by atoms with Crippen molar-refractivity contribution in [1.82, 2.24) is 30.0 Å². The molecule has 3 N–H and O–H groups in total. The topological polar surface area (TPSA) is 96.7 Å². The first-order valence-corrected chi connectivity index (χ1v) is 8.94. The van der Waals surface area contributed by atoms with Crippen molar-refractivity contribution < 1.29 is 4.79 Å². The van der Waals surface area contributed by atoms with Crippen molar-refractivity contribution in [2.75, 3.05) is 19.6 Å². The maximum absolute atomic E-state index is 12.3. The van der Waals surface area contributed by atoms with E-state index in [4.69, 9.17) is 0 Å². The molecule has 0 spiro atoms. The van der Waals surface area contributed by atoms with Crippen LogP contribution in [0.1, 0.15) is 29.4 Å². The highest BCUT2D eigenvalue weighted by molar-refractivity contribution is 5.92. The van der Waals surface area contributed by atoms with Crippen LogP contribution in [0.25, 0.3) is 11.0 Å². The second-order valence-corrected chi connectivity index (χ2v) is 6.54. The molecule has 1 aromatic carbocycles. The predicted molar refractivity (Wildman–Crippen MR) is 98.3 cm³/mol. The van der Waals surface area contributed by atoms with E-state index in [9.17, 15) is 9.59 Å². The molecule has 0 saturated carbocycles. The van der Waals surface area contributed by atoms with Crippen LogP contribution in [-0.2, 0) is 6.54 Å². The molecule has 2 aromatic heterocycles. The molecule has 3 aromatic rings. The summed E-state index contributed by atoms with van der Waals surface area (Å²) in [5.41, 5.74) is 1.86. The van der Waals surface area contributed by atoms with Crippen molar-refractivity contribution in [3.05, 3.63) is 52.7 Å². The van der Waals surface area contributed by atoms with Gasteiger partial charge in [-0.1, -0.05) is 12.1 Å². The predicted octanol–water partition coefficient (Wildman–Crippen LogP) is 0.881. The summed E-state index contributed by atoms with van der Waals surface area (Å²) in [6, 6.07) is 9.55. The average molecular weight is 354 g/mol. The van der Waals surface area contributed by atoms with Crippen LogP contribution in [0.4, 0.5) is 0 Å². The van der Waals surface area contributed by atoms with Gasteiger partial charge in [-0.2, -0.15) is 5.10 Å². The van der Waals surface area contributed by atoms with E-state index < -0.39 is 0 Å². The maximum Gasteiger partial charge on any atom is 0.326 e. The summed E-state index contributed by atoms with van der Waals surface area (Å²) in [5, 5.41) is 10.6. The summed E-state index contributed by atoms with van der Waals surface area (Å²) in [6.07, 6.45) is 4.04. The molecule has 136 valence electrons. The van der Waals surface area contributed by atoms with Gasteiger partial charge in [-0.05, 0) is 37.6 Å². The molecular formula is C18H22N6O2. The van der Waals surface area contributed by atoms with Gasteiger partial charge in [0.15, 0.2) is 0 Å². The molecule has 1 aliphatic heterocycles. The lowest BCUT2D eigenvalue weighted by Crippen LogP contribution is -2.32. The fraction of sp³-hybridized carbons (Fsp3) is 0.389. The lowest BCUT2D eigenvalue weighted by atomic mass is 10.1. The van der Waals surface area contributed by atoms with Gasteiger partial charge in [-0.3, -0.25) is 14.0 Å². The van der Waals surface area contributed by atoms with E-state index in [1.165, 1.54) is 0 Å². The smallest absolute Gasteiger partial charge is 0.326 e. The van der Waals surface area contributed by atoms with E-state index in [0.29, 0.717) is 24.8 Å². The molecule has 0 radical (unpaired) electrons. The zero-order valence-electron chi connectivity index (χ0n) is 14.4. The van der Waals surface area contributed by atoms with Gasteiger partial charge < -0.3 is 15.6 Å². The van der Waals surface area contributed by atoms with Crippen LogP contribution in [-0.4, -0.2) is 44.9 Å². The molecule has 1 aliphatic rings. The van der Waals surface area contributed by atoms with Crippen LogP contribution in [0.15, 0.2) is 41.3 Å². The number of para-hydroxylation sites is 2. The van der Waals surface area contributed by atoms with Crippen molar-refractivity contribution >= 4 is 16.9 Å². The third-order valence-electron chi connectivity index (χ3n) is 4.79. The van der Waals surface area contributed by atoms with Gasteiger partial charge in [0.1, 0.15) is 5.69 Å². The Balaban J connectivity index is 1.37. The average Bonchev–Trinajstić information content (AvgIpc) is 3.28. The number of hydrogen-bond donors (Lipinski definition) is 3. The van der Waals surface area contributed by atoms with Gasteiger partial charge in [0, 0.05) is 25.8 Å². The van der Waals surface area contributed by atoms with Gasteiger partial charge in [0.05, 0.1) is 17.1 Å². The van der Waals surface area contributed by atoms with Crippen LogP contribution in [0.5, 0.6) is 0 Å². The molecule has 1 amide bonds. The van der Waals surface area contributed by atoms with Crippen molar-refractivity contribution in [2.45, 2.75) is 25.4 Å². The fourth-order valence-corrected chi connectivity index (χ4v) is 3.42. The minimum atomic E-state index is -0.222. The second-order valence-electron chi connectivity index (χ2n) is 6.54. The highest BCUT2D eigenvalue weighted by Crippen LogP contribution is 2.15. The molecule has 3 heterocycles. The van der Waals surface area contributed by atoms with Crippen molar-refractivity contribution in [1.29, 1.82) is 0 Å². The number of H-pyrrole nitrogens is 1. The first-order valence-electron chi connectivity index (χ1n) is 8.94. The Hall–Kier alpha value is -2.87. The number of nitrogens with zero attached hydrogens (tertiary/aromatic N) is 3. The molecule has 0 bridgehead atoms. The number of aromatic amines is 1. The molecule has 1 atom stereocenters. The van der Waals surface area contributed by atoms with Gasteiger partial charge in [0.2, 0.25) is 0 Å². The number of carbonyl (C=O) groups excluding carboxylic acids is 1. The van der Waals surface area contributed by atoms with Gasteiger partial charge in [-0.25, -0.2) is 4.79 Å². The van der Waals surface area contributed by atoms with Crippen molar-refractivity contribution in [3.63, 3.8) is 0 Å². The Morgan fingerprint density at radius 1 is 1.31 bits per heavy atom. The number of benzene rings is 1. The van der Waals surface area contributed by atoms with Gasteiger partial charge >= 0.3 is 5.69 Å². The van der Waals surface area contributed by atoms with Crippen LogP contribution in [0.2, 0.25) is 0 Å². The number of aromatic nitrogens is 4. The molecule has 4 rings (SSSR count). The first-order chi connectivity index (χ1) is 12.7. The minimum Gasteiger partial charge on any atom is -0.349 e. The number of hydrogen-bond acceptors (Lipinski definition) is 4. The van der Waals surface area contributed by atoms with Crippen LogP contribution >= 0.6 is 0 Å². The Morgan fingerprint density at radius 2 is 2.19 bits per heavy atom. The van der Waals surface area contributed by atoms with E-state index in [0.717, 1.165) is 37.0 Å². The summed E-state index contributed by atoms with van der Waals surface area (Å²) in [5.74, 6) is -0.222. The normalized spacial score (nSPS) is 17.5. The molecular weight excluding hydrogens is 332 g/mol. The SMILES string of the molecule is O=C(NCCn1c(=O)[nH]c2ccccc21)c1ccn(C2CCCNC2)n1. The number of imidazole rings is 1. The third kappa shape index (κ3) is 3.28. The minimum absolute atomic E-state index is 0.172. The molecule has 8 heteroatoms. The highest BCUT2D eigenvalue weighted by atomic mass is 16.2. The monoisotopic (exact) mass is 354 g/mol. The standard InChI is InChI=1S/C18H22N6O2/c25-17(15-7-10-24(22-15)13-4-3-8-19-12-13)20-9-11-23-16-6-2-1-5-14(16)21-18(23)26/h1-2,5-7,10,13,19H,3-4,8-9,11-12H2,(H,20,25)(H,21,26). The Morgan fingerprint density at radius 3 is 3.04 bits per heavy atom. The quantitative estimate of drug-likeness (QED) is 0.634. The number of fused-ring (bicyclic) bond motifs is 1. The number of piperidine rings is 1. The van der Waals surface area contributed by atoms with E-state index in [2.05, 4.69) is 20.7 Å². The molecule has 0 aliphatic carbocycles. The van der Waals surface area contributed by atoms with E-state index in [-0.39, 0.29) is 11.6 Å². The van der Waals surface area contributed by atoms with Crippen molar-refractivity contribution in [2.24, 2.45) is 0 Å². The number of carbonyl (C=O) groups is 1. The Kier molecular flexibility index (Phi) is 4.57. The largest absolute Gasteiger partial charge is 0.349 e. The lowest BCUT2D eigenvalue weighted by molar-refractivity contribution is 0.0946. The second kappa shape index (κ2) is 7.17. The summed E-state index contributed by atoms with van der Waals surface area (Å²) in [7, 11) is 0. The molecule has 1 fully saturated rings. The van der Waals surface area contributed by atoms with E-state index in [1.807, 2.05) is 35.1 Å². The fourth-order valence-electron chi connectivity index (χ4n) is 3.42. The summed E-state index contributed by atoms with van der Waals surface area (Å²) < 4.78 is 3.49. The van der Waals surface area contributed by atoms with Gasteiger partial charge in [-0.15, -0.1) is 0 Å². The zero-order chi connectivity index (χ0) is 17.9. The number of amides is 1. The zero-order valence-corrected chi connectivity index (χ0v) is 14.4. The van der Waals surface area contributed by atoms with E-state index in [1.54, 1.807) is 10.6 Å². The molecule has 1 unspecified atom stereocenters. The van der Waals surface area contributed by atoms with Crippen LogP contribution in [0.3, 0.4) is 0 Å². The molecule has 1 saturated heterocycles. The van der Waals surface area contributed by atoms with Crippen LogP contribution < -0.4 is 16.3 Å². The Bertz CT molecular complexity index is 963. The summed E-state index contributed by atoms with van der Waals surface area (Å²) in [4.78, 5) is 27.2. The summed E-state index contributed by atoms with van der Waals surface area (Å²) in [6.45, 7) is 2.69. The maximum atomic E-state index is 12.3. The first kappa shape index (κ1) is 16.6. The lowest BCUT2D eigenvalue weighted by Gasteiger charge is -2.22. The molecule has 26 heavy (non-hydrogen) atoms. The third-order valence-corrected chi connectivity index (χ3v) is 4.79. The van der Waals surface area contributed by atoms with E-state index >= 15 is 0 Å².